The molecule has 1 aliphatic heterocycles. The number of rotatable bonds is 14. The number of hydrogen-bond acceptors (Lipinski definition) is 7. The highest BCUT2D eigenvalue weighted by atomic mass is 19.1. The number of nitrogens with one attached hydrogen (secondary N) is 3. The Morgan fingerprint density at radius 1 is 0.857 bits per heavy atom. The van der Waals surface area contributed by atoms with Gasteiger partial charge in [-0.05, 0) is 52.8 Å². The average Bonchev–Trinajstić information content (AvgIpc) is 3.14. The van der Waals surface area contributed by atoms with Gasteiger partial charge in [0, 0.05) is 25.4 Å². The normalized spacial score (nSPS) is 16.4. The van der Waals surface area contributed by atoms with Gasteiger partial charge in [0.25, 0.3) is 0 Å². The number of morpholine rings is 1. The van der Waals surface area contributed by atoms with Crippen LogP contribution >= 0.6 is 0 Å². The smallest absolute Gasteiger partial charge is 0.407 e. The van der Waals surface area contributed by atoms with Gasteiger partial charge in [-0.3, -0.25) is 4.79 Å². The molecule has 3 atom stereocenters. The predicted molar refractivity (Wildman–Crippen MR) is 184 cm³/mol. The summed E-state index contributed by atoms with van der Waals surface area (Å²) in [5, 5.41) is 8.89. The van der Waals surface area contributed by atoms with Gasteiger partial charge in [0.05, 0.1) is 25.9 Å². The molecule has 0 radical (unpaired) electrons. The number of ketones is 1. The maximum atomic E-state index is 14.1. The number of benzene rings is 4. The lowest BCUT2D eigenvalue weighted by Crippen LogP contribution is -2.49. The third-order valence-electron chi connectivity index (χ3n) is 8.61. The van der Waals surface area contributed by atoms with Crippen LogP contribution < -0.4 is 16.0 Å². The zero-order chi connectivity index (χ0) is 34.4. The van der Waals surface area contributed by atoms with Gasteiger partial charge in [-0.25, -0.2) is 14.0 Å². The topological polar surface area (TPSA) is 115 Å². The number of carbonyl (C=O) groups is 3. The van der Waals surface area contributed by atoms with E-state index in [1.54, 1.807) is 12.1 Å². The number of hydrogen-bond donors (Lipinski definition) is 3. The Morgan fingerprint density at radius 2 is 1.49 bits per heavy atom. The second-order valence-electron chi connectivity index (χ2n) is 12.0. The van der Waals surface area contributed by atoms with E-state index in [4.69, 9.17) is 14.2 Å². The molecular formula is C39H42FN3O6. The highest BCUT2D eigenvalue weighted by molar-refractivity contribution is 5.91. The Labute approximate surface area is 286 Å². The number of amides is 2. The Hall–Kier alpha value is -5.06. The maximum Gasteiger partial charge on any atom is 0.407 e. The molecule has 4 aromatic rings. The zero-order valence-corrected chi connectivity index (χ0v) is 27.5. The molecule has 9 nitrogen and oxygen atoms in total. The molecule has 0 saturated carbocycles. The number of aryl methyl sites for hydroxylation is 1. The first-order chi connectivity index (χ1) is 23.9. The van der Waals surface area contributed by atoms with Crippen molar-refractivity contribution in [3.8, 4) is 0 Å². The molecule has 1 fully saturated rings. The summed E-state index contributed by atoms with van der Waals surface area (Å²) in [6, 6.07) is 32.1. The second-order valence-corrected chi connectivity index (χ2v) is 12.0. The Morgan fingerprint density at radius 3 is 2.10 bits per heavy atom. The number of halogens is 1. The Bertz CT molecular complexity index is 1610. The molecule has 4 aromatic carbocycles. The van der Waals surface area contributed by atoms with Crippen LogP contribution in [0.2, 0.25) is 0 Å². The molecule has 0 unspecified atom stereocenters. The lowest BCUT2D eigenvalue weighted by molar-refractivity contribution is -0.120. The lowest BCUT2D eigenvalue weighted by Gasteiger charge is -2.30. The summed E-state index contributed by atoms with van der Waals surface area (Å²) in [6.45, 7) is 1.37. The lowest BCUT2D eigenvalue weighted by atomic mass is 9.81. The summed E-state index contributed by atoms with van der Waals surface area (Å²) in [5.41, 5.74) is 4.52. The summed E-state index contributed by atoms with van der Waals surface area (Å²) < 4.78 is 29.4. The van der Waals surface area contributed by atoms with Crippen LogP contribution in [0.3, 0.4) is 0 Å². The fourth-order valence-corrected chi connectivity index (χ4v) is 5.99. The first kappa shape index (κ1) is 35.3. The predicted octanol–water partition coefficient (Wildman–Crippen LogP) is 5.71. The SMILES string of the molecule is COC(=O)N[C@H](C(=O)Cc1ccccc1CC[C@@H]1CN[C@H](COC(=O)NCc2ccc(F)cc2)CO1)C(c1ccccc1)c1ccccc1. The third kappa shape index (κ3) is 10.5. The molecule has 3 N–H and O–H groups in total. The van der Waals surface area contributed by atoms with Crippen molar-refractivity contribution in [2.45, 2.75) is 49.9 Å². The van der Waals surface area contributed by atoms with E-state index in [2.05, 4.69) is 16.0 Å². The van der Waals surface area contributed by atoms with Gasteiger partial charge in [-0.2, -0.15) is 0 Å². The molecular weight excluding hydrogens is 625 g/mol. The number of carbonyl (C=O) groups excluding carboxylic acids is 3. The Balaban J connectivity index is 1.15. The van der Waals surface area contributed by atoms with Crippen molar-refractivity contribution in [3.63, 3.8) is 0 Å². The fraction of sp³-hybridized carbons (Fsp3) is 0.308. The first-order valence-corrected chi connectivity index (χ1v) is 16.4. The van der Waals surface area contributed by atoms with Crippen molar-refractivity contribution in [2.24, 2.45) is 0 Å². The first-order valence-electron chi connectivity index (χ1n) is 16.4. The number of alkyl carbamates (subject to hydrolysis) is 2. The minimum Gasteiger partial charge on any atom is -0.453 e. The van der Waals surface area contributed by atoms with Gasteiger partial charge < -0.3 is 30.2 Å². The third-order valence-corrected chi connectivity index (χ3v) is 8.61. The van der Waals surface area contributed by atoms with E-state index in [1.807, 2.05) is 84.9 Å². The summed E-state index contributed by atoms with van der Waals surface area (Å²) >= 11 is 0. The fourth-order valence-electron chi connectivity index (χ4n) is 5.99. The maximum absolute atomic E-state index is 14.1. The average molecular weight is 668 g/mol. The standard InChI is InChI=1S/C39H42FN3O6/c1-47-39(46)43-37(36(29-11-4-2-5-12-29)30-13-6-3-7-14-30)35(44)22-31-15-9-8-10-28(31)18-21-34-24-41-33(25-48-34)26-49-38(45)42-23-27-16-19-32(40)20-17-27/h2-17,19-20,33-34,36-37,41H,18,21-26H2,1H3,(H,42,45)(H,43,46)/t33-,34+,37+/m0/s1. The van der Waals surface area contributed by atoms with Crippen molar-refractivity contribution < 1.29 is 33.0 Å². The van der Waals surface area contributed by atoms with Crippen molar-refractivity contribution >= 4 is 18.0 Å². The van der Waals surface area contributed by atoms with Crippen molar-refractivity contribution in [2.75, 3.05) is 26.9 Å². The molecule has 1 aliphatic rings. The molecule has 10 heteroatoms. The quantitative estimate of drug-likeness (QED) is 0.158. The molecule has 5 rings (SSSR count). The molecule has 0 spiro atoms. The van der Waals surface area contributed by atoms with Gasteiger partial charge in [0.1, 0.15) is 18.5 Å². The number of ether oxygens (including phenoxy) is 3. The van der Waals surface area contributed by atoms with E-state index < -0.39 is 24.1 Å². The van der Waals surface area contributed by atoms with Gasteiger partial charge in [0.2, 0.25) is 0 Å². The molecule has 1 heterocycles. The largest absolute Gasteiger partial charge is 0.453 e. The van der Waals surface area contributed by atoms with Crippen LogP contribution in [0, 0.1) is 5.82 Å². The van der Waals surface area contributed by atoms with Crippen LogP contribution in [0.15, 0.2) is 109 Å². The molecule has 0 bridgehead atoms. The highest BCUT2D eigenvalue weighted by Gasteiger charge is 2.33. The van der Waals surface area contributed by atoms with Crippen molar-refractivity contribution in [3.05, 3.63) is 143 Å². The Kier molecular flexibility index (Phi) is 12.9. The van der Waals surface area contributed by atoms with Gasteiger partial charge in [-0.15, -0.1) is 0 Å². The summed E-state index contributed by atoms with van der Waals surface area (Å²) in [5.74, 6) is -0.876. The van der Waals surface area contributed by atoms with E-state index >= 15 is 0 Å². The van der Waals surface area contributed by atoms with Crippen LogP contribution in [0.5, 0.6) is 0 Å². The van der Waals surface area contributed by atoms with Gasteiger partial charge in [-0.1, -0.05) is 97.1 Å². The number of Topliss-reactive ketones (excluding diaryl/α,β-unsaturated/α-hetero) is 1. The summed E-state index contributed by atoms with van der Waals surface area (Å²) in [7, 11) is 1.29. The van der Waals surface area contributed by atoms with E-state index in [1.165, 1.54) is 19.2 Å². The second kappa shape index (κ2) is 17.9. The molecule has 2 amide bonds. The molecule has 1 saturated heterocycles. The van der Waals surface area contributed by atoms with Gasteiger partial charge >= 0.3 is 12.2 Å². The summed E-state index contributed by atoms with van der Waals surface area (Å²) in [6.07, 6.45) is 0.278. The minimum atomic E-state index is -0.861. The van der Waals surface area contributed by atoms with Crippen LogP contribution in [0.25, 0.3) is 0 Å². The van der Waals surface area contributed by atoms with Crippen LogP contribution in [0.4, 0.5) is 14.0 Å². The molecule has 256 valence electrons. The summed E-state index contributed by atoms with van der Waals surface area (Å²) in [4.78, 5) is 38.8. The van der Waals surface area contributed by atoms with Crippen LogP contribution in [-0.4, -0.2) is 63.0 Å². The minimum absolute atomic E-state index is 0.0541. The molecule has 0 aliphatic carbocycles. The monoisotopic (exact) mass is 667 g/mol. The highest BCUT2D eigenvalue weighted by Crippen LogP contribution is 2.30. The van der Waals surface area contributed by atoms with Crippen molar-refractivity contribution in [1.29, 1.82) is 0 Å². The molecule has 49 heavy (non-hydrogen) atoms. The zero-order valence-electron chi connectivity index (χ0n) is 27.5. The number of methoxy groups -OCH3 is 1. The van der Waals surface area contributed by atoms with E-state index in [-0.39, 0.29) is 43.3 Å². The van der Waals surface area contributed by atoms with E-state index in [0.29, 0.717) is 19.6 Å². The van der Waals surface area contributed by atoms with E-state index in [9.17, 15) is 18.8 Å². The van der Waals surface area contributed by atoms with Crippen molar-refractivity contribution in [1.82, 2.24) is 16.0 Å². The molecule has 0 aromatic heterocycles. The van der Waals surface area contributed by atoms with Gasteiger partial charge in [0.15, 0.2) is 5.78 Å². The van der Waals surface area contributed by atoms with E-state index in [0.717, 1.165) is 34.2 Å². The van der Waals surface area contributed by atoms with Crippen LogP contribution in [-0.2, 0) is 38.4 Å². The van der Waals surface area contributed by atoms with Crippen LogP contribution in [0.1, 0.15) is 40.2 Å².